The second-order valence-corrected chi connectivity index (χ2v) is 7.36. The Kier molecular flexibility index (Phi) is 4.65. The van der Waals surface area contributed by atoms with Crippen molar-refractivity contribution in [2.24, 2.45) is 0 Å². The second-order valence-electron chi connectivity index (χ2n) is 6.50. The fourth-order valence-corrected chi connectivity index (χ4v) is 4.17. The quantitative estimate of drug-likeness (QED) is 0.574. The number of quaternary nitrogens is 1. The summed E-state index contributed by atoms with van der Waals surface area (Å²) in [6.45, 7) is 1.57. The highest BCUT2D eigenvalue weighted by molar-refractivity contribution is 7.17. The van der Waals surface area contributed by atoms with Crippen molar-refractivity contribution >= 4 is 21.6 Å². The Morgan fingerprint density at radius 3 is 2.42 bits per heavy atom. The molecule has 2 aromatic carbocycles. The molecular formula is C21H20N3OS+. The summed E-state index contributed by atoms with van der Waals surface area (Å²) in [5.41, 5.74) is 3.22. The molecule has 1 atom stereocenters. The van der Waals surface area contributed by atoms with E-state index in [0.29, 0.717) is 11.9 Å². The molecule has 1 unspecified atom stereocenters. The Labute approximate surface area is 155 Å². The number of aromatic nitrogens is 2. The molecule has 4 nitrogen and oxygen atoms in total. The van der Waals surface area contributed by atoms with E-state index in [9.17, 15) is 4.79 Å². The van der Waals surface area contributed by atoms with Crippen LogP contribution in [0.5, 0.6) is 0 Å². The van der Waals surface area contributed by atoms with Crippen LogP contribution in [0.25, 0.3) is 21.3 Å². The van der Waals surface area contributed by atoms with Gasteiger partial charge in [-0.2, -0.15) is 0 Å². The zero-order valence-corrected chi connectivity index (χ0v) is 15.3. The van der Waals surface area contributed by atoms with Crippen LogP contribution >= 0.6 is 11.3 Å². The van der Waals surface area contributed by atoms with Crippen LogP contribution in [-0.2, 0) is 13.1 Å². The minimum atomic E-state index is -0.0578. The van der Waals surface area contributed by atoms with Crippen molar-refractivity contribution in [2.75, 3.05) is 7.05 Å². The molecule has 0 spiro atoms. The number of hydrogen-bond donors (Lipinski definition) is 2. The van der Waals surface area contributed by atoms with E-state index in [4.69, 9.17) is 4.98 Å². The molecule has 2 heterocycles. The lowest BCUT2D eigenvalue weighted by Crippen LogP contribution is -3.06. The molecule has 0 radical (unpaired) electrons. The molecule has 0 fully saturated rings. The Bertz CT molecular complexity index is 1070. The maximum atomic E-state index is 12.7. The number of nitrogens with one attached hydrogen (secondary N) is 2. The van der Waals surface area contributed by atoms with Crippen molar-refractivity contribution in [3.05, 3.63) is 87.8 Å². The number of aromatic amines is 1. The smallest absolute Gasteiger partial charge is 0.260 e. The van der Waals surface area contributed by atoms with Crippen LogP contribution in [0, 0.1) is 0 Å². The summed E-state index contributed by atoms with van der Waals surface area (Å²) in [4.78, 5) is 22.5. The number of thiophene rings is 1. The summed E-state index contributed by atoms with van der Waals surface area (Å²) in [6.07, 6.45) is 0. The van der Waals surface area contributed by atoms with Crippen molar-refractivity contribution in [2.45, 2.75) is 13.1 Å². The van der Waals surface area contributed by atoms with Gasteiger partial charge in [-0.1, -0.05) is 60.7 Å². The number of H-pyrrole nitrogens is 1. The number of rotatable bonds is 5. The van der Waals surface area contributed by atoms with Gasteiger partial charge in [0.1, 0.15) is 17.9 Å². The fraction of sp³-hybridized carbons (Fsp3) is 0.143. The van der Waals surface area contributed by atoms with Crippen LogP contribution in [0.2, 0.25) is 0 Å². The molecule has 5 heteroatoms. The maximum Gasteiger partial charge on any atom is 0.260 e. The van der Waals surface area contributed by atoms with Crippen LogP contribution in [-0.4, -0.2) is 17.0 Å². The van der Waals surface area contributed by atoms with Gasteiger partial charge < -0.3 is 9.88 Å². The third kappa shape index (κ3) is 3.45. The molecule has 0 aliphatic rings. The molecule has 4 aromatic rings. The average molecular weight is 362 g/mol. The summed E-state index contributed by atoms with van der Waals surface area (Å²) < 4.78 is 0. The van der Waals surface area contributed by atoms with Gasteiger partial charge in [-0.15, -0.1) is 11.3 Å². The first-order chi connectivity index (χ1) is 12.7. The molecule has 2 N–H and O–H groups in total. The molecule has 0 saturated carbocycles. The lowest BCUT2D eigenvalue weighted by molar-refractivity contribution is -0.908. The normalized spacial score (nSPS) is 12.3. The topological polar surface area (TPSA) is 50.2 Å². The molecule has 26 heavy (non-hydrogen) atoms. The first kappa shape index (κ1) is 16.7. The van der Waals surface area contributed by atoms with E-state index < -0.39 is 0 Å². The van der Waals surface area contributed by atoms with Crippen LogP contribution < -0.4 is 10.5 Å². The average Bonchev–Trinajstić information content (AvgIpc) is 3.08. The summed E-state index contributed by atoms with van der Waals surface area (Å²) >= 11 is 1.53. The summed E-state index contributed by atoms with van der Waals surface area (Å²) in [5, 5.41) is 2.71. The van der Waals surface area contributed by atoms with E-state index in [2.05, 4.69) is 24.2 Å². The Balaban J connectivity index is 1.61. The fourth-order valence-electron chi connectivity index (χ4n) is 3.20. The van der Waals surface area contributed by atoms with E-state index in [1.54, 1.807) is 0 Å². The van der Waals surface area contributed by atoms with Crippen molar-refractivity contribution < 1.29 is 4.90 Å². The second kappa shape index (κ2) is 7.23. The van der Waals surface area contributed by atoms with Gasteiger partial charge in [0.15, 0.2) is 5.82 Å². The number of fused-ring (bicyclic) bond motifs is 1. The number of benzene rings is 2. The highest BCUT2D eigenvalue weighted by Crippen LogP contribution is 2.30. The molecule has 130 valence electrons. The van der Waals surface area contributed by atoms with E-state index in [1.165, 1.54) is 21.8 Å². The monoisotopic (exact) mass is 362 g/mol. The highest BCUT2D eigenvalue weighted by atomic mass is 32.1. The van der Waals surface area contributed by atoms with Crippen LogP contribution in [0.1, 0.15) is 11.4 Å². The lowest BCUT2D eigenvalue weighted by atomic mass is 10.1. The Hall–Kier alpha value is -2.76. The molecule has 0 bridgehead atoms. The molecule has 0 aliphatic carbocycles. The third-order valence-electron chi connectivity index (χ3n) is 4.40. The van der Waals surface area contributed by atoms with Crippen molar-refractivity contribution in [1.29, 1.82) is 0 Å². The Morgan fingerprint density at radius 2 is 1.69 bits per heavy atom. The lowest BCUT2D eigenvalue weighted by Gasteiger charge is -2.13. The molecule has 0 amide bonds. The minimum absolute atomic E-state index is 0.0578. The zero-order chi connectivity index (χ0) is 17.9. The predicted octanol–water partition coefficient (Wildman–Crippen LogP) is 2.87. The number of hydrogen-bond acceptors (Lipinski definition) is 3. The van der Waals surface area contributed by atoms with Crippen LogP contribution in [0.15, 0.2) is 70.8 Å². The standard InChI is InChI=1S/C21H19N3OS/c1-24(12-15-8-4-2-5-9-15)13-18-22-20(25)19-17(14-26-21(19)23-18)16-10-6-3-7-11-16/h2-11,14H,12-13H2,1H3,(H,22,23,25)/p+1. The summed E-state index contributed by atoms with van der Waals surface area (Å²) in [7, 11) is 2.11. The molecule has 0 aliphatic heterocycles. The van der Waals surface area contributed by atoms with E-state index in [1.807, 2.05) is 53.9 Å². The van der Waals surface area contributed by atoms with Gasteiger partial charge in [0.25, 0.3) is 5.56 Å². The van der Waals surface area contributed by atoms with E-state index in [0.717, 1.165) is 28.3 Å². The van der Waals surface area contributed by atoms with Gasteiger partial charge in [-0.3, -0.25) is 4.79 Å². The zero-order valence-electron chi connectivity index (χ0n) is 14.5. The Morgan fingerprint density at radius 1 is 1.00 bits per heavy atom. The SMILES string of the molecule is C[NH+](Cc1ccccc1)Cc1nc2scc(-c3ccccc3)c2c(=O)[nH]1. The van der Waals surface area contributed by atoms with Crippen molar-refractivity contribution in [3.8, 4) is 11.1 Å². The van der Waals surface area contributed by atoms with E-state index >= 15 is 0 Å². The summed E-state index contributed by atoms with van der Waals surface area (Å²) in [6, 6.07) is 20.3. The van der Waals surface area contributed by atoms with Gasteiger partial charge in [0.05, 0.1) is 12.4 Å². The molecule has 2 aromatic heterocycles. The van der Waals surface area contributed by atoms with Gasteiger partial charge in [-0.25, -0.2) is 4.98 Å². The van der Waals surface area contributed by atoms with Crippen LogP contribution in [0.4, 0.5) is 0 Å². The van der Waals surface area contributed by atoms with Gasteiger partial charge in [-0.05, 0) is 5.56 Å². The maximum absolute atomic E-state index is 12.7. The van der Waals surface area contributed by atoms with Crippen molar-refractivity contribution in [3.63, 3.8) is 0 Å². The van der Waals surface area contributed by atoms with Gasteiger partial charge >= 0.3 is 0 Å². The first-order valence-corrected chi connectivity index (χ1v) is 9.50. The van der Waals surface area contributed by atoms with Crippen LogP contribution in [0.3, 0.4) is 0 Å². The van der Waals surface area contributed by atoms with E-state index in [-0.39, 0.29) is 5.56 Å². The van der Waals surface area contributed by atoms with Crippen molar-refractivity contribution in [1.82, 2.24) is 9.97 Å². The minimum Gasteiger partial charge on any atom is -0.327 e. The molecule has 4 rings (SSSR count). The largest absolute Gasteiger partial charge is 0.327 e. The summed E-state index contributed by atoms with van der Waals surface area (Å²) in [5.74, 6) is 0.734. The van der Waals surface area contributed by atoms with Gasteiger partial charge in [0.2, 0.25) is 0 Å². The highest BCUT2D eigenvalue weighted by Gasteiger charge is 2.14. The molecule has 0 saturated heterocycles. The molecular weight excluding hydrogens is 342 g/mol. The van der Waals surface area contributed by atoms with Gasteiger partial charge in [0, 0.05) is 16.5 Å². The first-order valence-electron chi connectivity index (χ1n) is 8.62. The predicted molar refractivity (Wildman–Crippen MR) is 106 cm³/mol. The number of nitrogens with zero attached hydrogens (tertiary/aromatic N) is 1. The third-order valence-corrected chi connectivity index (χ3v) is 5.27.